The summed E-state index contributed by atoms with van der Waals surface area (Å²) in [5.74, 6) is 2.65. The molecule has 0 aliphatic heterocycles. The van der Waals surface area contributed by atoms with E-state index in [1.54, 1.807) is 7.11 Å². The zero-order valence-electron chi connectivity index (χ0n) is 15.3. The number of hydrogen-bond donors (Lipinski definition) is 3. The van der Waals surface area contributed by atoms with Crippen LogP contribution in [0.15, 0.2) is 60.9 Å². The summed E-state index contributed by atoms with van der Waals surface area (Å²) in [6, 6.07) is 17.3. The van der Waals surface area contributed by atoms with E-state index in [9.17, 15) is 0 Å². The van der Waals surface area contributed by atoms with Gasteiger partial charge in [0.1, 0.15) is 23.5 Å². The third-order valence-electron chi connectivity index (χ3n) is 3.78. The van der Waals surface area contributed by atoms with Crippen LogP contribution >= 0.6 is 0 Å². The maximum atomic E-state index is 6.19. The Hall–Kier alpha value is -3.32. The highest BCUT2D eigenvalue weighted by Crippen LogP contribution is 2.28. The SMILES string of the molecule is COCC(C)Nc1ncnc(Nc2ccc(Oc3ccccc3)cc2)c1N. The van der Waals surface area contributed by atoms with Crippen LogP contribution in [-0.2, 0) is 4.74 Å². The highest BCUT2D eigenvalue weighted by molar-refractivity contribution is 5.77. The second-order valence-corrected chi connectivity index (χ2v) is 6.05. The van der Waals surface area contributed by atoms with Crippen molar-refractivity contribution in [1.82, 2.24) is 9.97 Å². The minimum atomic E-state index is 0.0782. The van der Waals surface area contributed by atoms with E-state index in [1.807, 2.05) is 61.5 Å². The molecule has 2 aromatic carbocycles. The first kappa shape index (κ1) is 18.5. The summed E-state index contributed by atoms with van der Waals surface area (Å²) in [4.78, 5) is 8.43. The van der Waals surface area contributed by atoms with Gasteiger partial charge < -0.3 is 25.8 Å². The maximum absolute atomic E-state index is 6.19. The van der Waals surface area contributed by atoms with E-state index in [2.05, 4.69) is 20.6 Å². The molecule has 0 bridgehead atoms. The lowest BCUT2D eigenvalue weighted by Gasteiger charge is -2.16. The van der Waals surface area contributed by atoms with E-state index in [4.69, 9.17) is 15.2 Å². The van der Waals surface area contributed by atoms with Gasteiger partial charge in [-0.15, -0.1) is 0 Å². The van der Waals surface area contributed by atoms with Crippen molar-refractivity contribution in [3.63, 3.8) is 0 Å². The lowest BCUT2D eigenvalue weighted by Crippen LogP contribution is -2.22. The fraction of sp³-hybridized carbons (Fsp3) is 0.200. The molecule has 4 N–H and O–H groups in total. The molecule has 3 rings (SSSR count). The summed E-state index contributed by atoms with van der Waals surface area (Å²) in [6.45, 7) is 2.54. The Morgan fingerprint density at radius 1 is 0.963 bits per heavy atom. The molecule has 0 saturated heterocycles. The zero-order valence-corrected chi connectivity index (χ0v) is 15.3. The standard InChI is InChI=1S/C20H23N5O2/c1-14(12-26-2)24-19-18(21)20(23-13-22-19)25-15-8-10-17(11-9-15)27-16-6-4-3-5-7-16/h3-11,13-14H,12,21H2,1-2H3,(H2,22,23,24,25). The Kier molecular flexibility index (Phi) is 6.06. The Balaban J connectivity index is 1.68. The first-order chi connectivity index (χ1) is 13.2. The summed E-state index contributed by atoms with van der Waals surface area (Å²) in [7, 11) is 1.65. The molecular weight excluding hydrogens is 342 g/mol. The first-order valence-corrected chi connectivity index (χ1v) is 8.61. The summed E-state index contributed by atoms with van der Waals surface area (Å²) in [6.07, 6.45) is 1.47. The molecule has 1 atom stereocenters. The van der Waals surface area contributed by atoms with Crippen LogP contribution < -0.4 is 21.1 Å². The van der Waals surface area contributed by atoms with Crippen molar-refractivity contribution in [2.45, 2.75) is 13.0 Å². The summed E-state index contributed by atoms with van der Waals surface area (Å²) in [5, 5.41) is 6.42. The summed E-state index contributed by atoms with van der Waals surface area (Å²) in [5.41, 5.74) is 7.49. The number of rotatable bonds is 8. The predicted octanol–water partition coefficient (Wildman–Crippen LogP) is 4.04. The molecule has 3 aromatic rings. The van der Waals surface area contributed by atoms with Crippen molar-refractivity contribution in [1.29, 1.82) is 0 Å². The minimum Gasteiger partial charge on any atom is -0.457 e. The number of aromatic nitrogens is 2. The molecule has 27 heavy (non-hydrogen) atoms. The highest BCUT2D eigenvalue weighted by atomic mass is 16.5. The van der Waals surface area contributed by atoms with Crippen molar-refractivity contribution in [2.75, 3.05) is 30.1 Å². The van der Waals surface area contributed by atoms with E-state index >= 15 is 0 Å². The normalized spacial score (nSPS) is 11.6. The van der Waals surface area contributed by atoms with E-state index < -0.39 is 0 Å². The lowest BCUT2D eigenvalue weighted by molar-refractivity contribution is 0.190. The monoisotopic (exact) mass is 365 g/mol. The van der Waals surface area contributed by atoms with Gasteiger partial charge in [-0.1, -0.05) is 18.2 Å². The van der Waals surface area contributed by atoms with Crippen LogP contribution in [0.3, 0.4) is 0 Å². The molecule has 0 radical (unpaired) electrons. The zero-order chi connectivity index (χ0) is 19.1. The Morgan fingerprint density at radius 2 is 1.63 bits per heavy atom. The van der Waals surface area contributed by atoms with Crippen LogP contribution in [0.5, 0.6) is 11.5 Å². The molecule has 0 aliphatic carbocycles. The lowest BCUT2D eigenvalue weighted by atomic mass is 10.3. The summed E-state index contributed by atoms with van der Waals surface area (Å²) >= 11 is 0. The number of nitrogens with zero attached hydrogens (tertiary/aromatic N) is 2. The van der Waals surface area contributed by atoms with Gasteiger partial charge in [0.05, 0.1) is 6.61 Å². The number of nitrogens with two attached hydrogens (primary N) is 1. The van der Waals surface area contributed by atoms with Crippen LogP contribution in [0.2, 0.25) is 0 Å². The molecule has 7 nitrogen and oxygen atoms in total. The fourth-order valence-corrected chi connectivity index (χ4v) is 2.50. The van der Waals surface area contributed by atoms with Gasteiger partial charge in [0.2, 0.25) is 0 Å². The van der Waals surface area contributed by atoms with Crippen molar-refractivity contribution in [3.8, 4) is 11.5 Å². The molecule has 0 amide bonds. The highest BCUT2D eigenvalue weighted by Gasteiger charge is 2.11. The van der Waals surface area contributed by atoms with Gasteiger partial charge in [0.15, 0.2) is 11.6 Å². The van der Waals surface area contributed by atoms with Crippen LogP contribution in [0, 0.1) is 0 Å². The molecule has 1 aromatic heterocycles. The fourth-order valence-electron chi connectivity index (χ4n) is 2.50. The van der Waals surface area contributed by atoms with Crippen molar-refractivity contribution in [3.05, 3.63) is 60.9 Å². The van der Waals surface area contributed by atoms with Gasteiger partial charge in [-0.3, -0.25) is 0 Å². The van der Waals surface area contributed by atoms with Gasteiger partial charge in [-0.25, -0.2) is 9.97 Å². The number of ether oxygens (including phenoxy) is 2. The van der Waals surface area contributed by atoms with Crippen molar-refractivity contribution < 1.29 is 9.47 Å². The third kappa shape index (κ3) is 5.08. The molecule has 140 valence electrons. The molecule has 1 unspecified atom stereocenters. The molecule has 0 fully saturated rings. The topological polar surface area (TPSA) is 94.3 Å². The predicted molar refractivity (Wildman–Crippen MR) is 108 cm³/mol. The third-order valence-corrected chi connectivity index (χ3v) is 3.78. The number of nitrogens with one attached hydrogen (secondary N) is 2. The molecule has 7 heteroatoms. The molecule has 1 heterocycles. The Morgan fingerprint density at radius 3 is 2.33 bits per heavy atom. The van der Waals surface area contributed by atoms with Gasteiger partial charge in [0.25, 0.3) is 0 Å². The largest absolute Gasteiger partial charge is 0.457 e. The van der Waals surface area contributed by atoms with Gasteiger partial charge in [-0.2, -0.15) is 0 Å². The number of methoxy groups -OCH3 is 1. The average molecular weight is 365 g/mol. The number of nitrogen functional groups attached to an aromatic ring is 1. The molecular formula is C20H23N5O2. The van der Waals surface area contributed by atoms with E-state index in [0.717, 1.165) is 17.2 Å². The van der Waals surface area contributed by atoms with Crippen LogP contribution in [0.25, 0.3) is 0 Å². The molecule has 0 spiro atoms. The smallest absolute Gasteiger partial charge is 0.159 e. The number of hydrogen-bond acceptors (Lipinski definition) is 7. The Bertz CT molecular complexity index is 856. The van der Waals surface area contributed by atoms with Gasteiger partial charge in [0, 0.05) is 18.8 Å². The van der Waals surface area contributed by atoms with Gasteiger partial charge >= 0.3 is 0 Å². The quantitative estimate of drug-likeness (QED) is 0.554. The van der Waals surface area contributed by atoms with E-state index in [1.165, 1.54) is 6.33 Å². The average Bonchev–Trinajstić information content (AvgIpc) is 2.67. The molecule has 0 aliphatic rings. The second kappa shape index (κ2) is 8.86. The van der Waals surface area contributed by atoms with Crippen LogP contribution in [0.4, 0.5) is 23.0 Å². The van der Waals surface area contributed by atoms with E-state index in [0.29, 0.717) is 23.9 Å². The Labute approximate surface area is 158 Å². The number of para-hydroxylation sites is 1. The number of benzene rings is 2. The van der Waals surface area contributed by atoms with Crippen LogP contribution in [0.1, 0.15) is 6.92 Å². The van der Waals surface area contributed by atoms with Crippen molar-refractivity contribution >= 4 is 23.0 Å². The van der Waals surface area contributed by atoms with Gasteiger partial charge in [-0.05, 0) is 43.3 Å². The summed E-state index contributed by atoms with van der Waals surface area (Å²) < 4.78 is 10.9. The van der Waals surface area contributed by atoms with Crippen molar-refractivity contribution in [2.24, 2.45) is 0 Å². The first-order valence-electron chi connectivity index (χ1n) is 8.61. The van der Waals surface area contributed by atoms with Crippen LogP contribution in [-0.4, -0.2) is 29.7 Å². The maximum Gasteiger partial charge on any atom is 0.159 e. The minimum absolute atomic E-state index is 0.0782. The number of anilines is 4. The second-order valence-electron chi connectivity index (χ2n) is 6.05. The molecule has 0 saturated carbocycles. The van der Waals surface area contributed by atoms with E-state index in [-0.39, 0.29) is 6.04 Å².